The maximum Gasteiger partial charge on any atom is 0.404 e. The molecule has 20 heavy (non-hydrogen) atoms. The van der Waals surface area contributed by atoms with Gasteiger partial charge in [0.1, 0.15) is 12.4 Å². The highest BCUT2D eigenvalue weighted by atomic mass is 16.5. The van der Waals surface area contributed by atoms with Gasteiger partial charge >= 0.3 is 6.09 Å². The molecular formula is C13H17N3O4. The zero-order valence-electron chi connectivity index (χ0n) is 11.1. The minimum atomic E-state index is -0.814. The number of benzene rings is 1. The first-order valence-corrected chi connectivity index (χ1v) is 5.83. The molecule has 0 aromatic heterocycles. The summed E-state index contributed by atoms with van der Waals surface area (Å²) in [5.41, 5.74) is 11.1. The molecular weight excluding hydrogens is 262 g/mol. The number of methoxy groups -OCH3 is 1. The monoisotopic (exact) mass is 279 g/mol. The first-order valence-electron chi connectivity index (χ1n) is 5.83. The molecule has 0 fully saturated rings. The van der Waals surface area contributed by atoms with Crippen LogP contribution in [-0.2, 0) is 4.74 Å². The second-order valence-electron chi connectivity index (χ2n) is 3.76. The van der Waals surface area contributed by atoms with Crippen LogP contribution in [0, 0.1) is 0 Å². The number of anilines is 1. The topological polar surface area (TPSA) is 117 Å². The van der Waals surface area contributed by atoms with E-state index in [9.17, 15) is 9.59 Å². The number of ether oxygens (including phenoxy) is 2. The van der Waals surface area contributed by atoms with Gasteiger partial charge in [-0.1, -0.05) is 6.08 Å². The Bertz CT molecular complexity index is 514. The lowest BCUT2D eigenvalue weighted by Crippen LogP contribution is -2.13. The number of carbonyl (C=O) groups excluding carboxylic acids is 2. The molecule has 0 radical (unpaired) electrons. The molecule has 0 spiro atoms. The number of rotatable bonds is 7. The highest BCUT2D eigenvalue weighted by molar-refractivity contribution is 5.93. The van der Waals surface area contributed by atoms with Gasteiger partial charge in [0.05, 0.1) is 12.8 Å². The number of nitrogens with one attached hydrogen (secondary N) is 1. The van der Waals surface area contributed by atoms with Crippen LogP contribution in [0.5, 0.6) is 5.75 Å². The lowest BCUT2D eigenvalue weighted by molar-refractivity contribution is 0.1000. The van der Waals surface area contributed by atoms with Crippen LogP contribution in [0.2, 0.25) is 0 Å². The highest BCUT2D eigenvalue weighted by Crippen LogP contribution is 2.25. The first kappa shape index (κ1) is 15.4. The van der Waals surface area contributed by atoms with Crippen LogP contribution in [-0.4, -0.2) is 32.3 Å². The van der Waals surface area contributed by atoms with Crippen molar-refractivity contribution in [2.24, 2.45) is 11.5 Å². The minimum Gasteiger partial charge on any atom is -0.495 e. The molecule has 1 rings (SSSR count). The predicted octanol–water partition coefficient (Wildman–Crippen LogP) is 0.858. The molecule has 1 aromatic rings. The molecule has 0 saturated carbocycles. The lowest BCUT2D eigenvalue weighted by atomic mass is 10.2. The maximum absolute atomic E-state index is 11.1. The van der Waals surface area contributed by atoms with Crippen LogP contribution < -0.4 is 21.5 Å². The largest absolute Gasteiger partial charge is 0.495 e. The number of carbonyl (C=O) groups is 2. The molecule has 0 heterocycles. The second-order valence-corrected chi connectivity index (χ2v) is 3.76. The number of amides is 2. The summed E-state index contributed by atoms with van der Waals surface area (Å²) in [5, 5.41) is 3.08. The molecule has 0 atom stereocenters. The van der Waals surface area contributed by atoms with Crippen molar-refractivity contribution >= 4 is 17.7 Å². The lowest BCUT2D eigenvalue weighted by Gasteiger charge is -2.10. The summed E-state index contributed by atoms with van der Waals surface area (Å²) in [6.45, 7) is 0.614. The van der Waals surface area contributed by atoms with Gasteiger partial charge in [0.15, 0.2) is 0 Å². The third kappa shape index (κ3) is 4.89. The van der Waals surface area contributed by atoms with E-state index in [0.29, 0.717) is 17.9 Å². The third-order valence-corrected chi connectivity index (χ3v) is 2.38. The van der Waals surface area contributed by atoms with E-state index in [2.05, 4.69) is 10.1 Å². The number of primary amides is 2. The van der Waals surface area contributed by atoms with Crippen molar-refractivity contribution < 1.29 is 19.1 Å². The van der Waals surface area contributed by atoms with E-state index in [-0.39, 0.29) is 6.61 Å². The number of nitrogens with two attached hydrogens (primary N) is 2. The predicted molar refractivity (Wildman–Crippen MR) is 74.7 cm³/mol. The van der Waals surface area contributed by atoms with Crippen LogP contribution in [0.1, 0.15) is 10.4 Å². The Labute approximate surface area is 116 Å². The highest BCUT2D eigenvalue weighted by Gasteiger charge is 2.06. The van der Waals surface area contributed by atoms with Crippen molar-refractivity contribution in [2.75, 3.05) is 25.6 Å². The van der Waals surface area contributed by atoms with E-state index >= 15 is 0 Å². The molecule has 0 unspecified atom stereocenters. The minimum absolute atomic E-state index is 0.120. The summed E-state index contributed by atoms with van der Waals surface area (Å²) in [6.07, 6.45) is 2.61. The molecule has 7 heteroatoms. The average Bonchev–Trinajstić information content (AvgIpc) is 2.42. The molecule has 1 aromatic carbocycles. The van der Waals surface area contributed by atoms with Gasteiger partial charge in [-0.15, -0.1) is 0 Å². The molecule has 5 N–H and O–H groups in total. The Morgan fingerprint density at radius 3 is 2.65 bits per heavy atom. The van der Waals surface area contributed by atoms with Gasteiger partial charge in [-0.2, -0.15) is 0 Å². The van der Waals surface area contributed by atoms with Crippen molar-refractivity contribution in [1.29, 1.82) is 0 Å². The van der Waals surface area contributed by atoms with Gasteiger partial charge in [0.2, 0.25) is 5.91 Å². The van der Waals surface area contributed by atoms with E-state index in [4.69, 9.17) is 16.2 Å². The normalized spacial score (nSPS) is 10.2. The smallest absolute Gasteiger partial charge is 0.404 e. The van der Waals surface area contributed by atoms with E-state index in [0.717, 1.165) is 5.69 Å². The molecule has 0 bridgehead atoms. The quantitative estimate of drug-likeness (QED) is 0.640. The SMILES string of the molecule is COc1cc(C(N)=O)ccc1NCC=CCOC(N)=O. The molecule has 0 aliphatic carbocycles. The molecule has 2 amide bonds. The fourth-order valence-electron chi connectivity index (χ4n) is 1.44. The van der Waals surface area contributed by atoms with Gasteiger partial charge in [-0.3, -0.25) is 4.79 Å². The summed E-state index contributed by atoms with van der Waals surface area (Å²) in [4.78, 5) is 21.4. The average molecular weight is 279 g/mol. The van der Waals surface area contributed by atoms with Gasteiger partial charge < -0.3 is 26.3 Å². The Balaban J connectivity index is 2.55. The summed E-state index contributed by atoms with van der Waals surface area (Å²) >= 11 is 0. The van der Waals surface area contributed by atoms with Gasteiger partial charge in [0, 0.05) is 12.1 Å². The molecule has 7 nitrogen and oxygen atoms in total. The zero-order chi connectivity index (χ0) is 15.0. The van der Waals surface area contributed by atoms with Crippen molar-refractivity contribution in [3.05, 3.63) is 35.9 Å². The third-order valence-electron chi connectivity index (χ3n) is 2.38. The van der Waals surface area contributed by atoms with Crippen LogP contribution in [0.3, 0.4) is 0 Å². The fourth-order valence-corrected chi connectivity index (χ4v) is 1.44. The number of hydrogen-bond donors (Lipinski definition) is 3. The van der Waals surface area contributed by atoms with E-state index in [1.807, 2.05) is 0 Å². The van der Waals surface area contributed by atoms with Crippen molar-refractivity contribution in [3.63, 3.8) is 0 Å². The molecule has 0 saturated heterocycles. The first-order chi connectivity index (χ1) is 9.54. The van der Waals surface area contributed by atoms with Gasteiger partial charge in [-0.05, 0) is 24.3 Å². The summed E-state index contributed by atoms with van der Waals surface area (Å²) in [6, 6.07) is 4.87. The Hall–Kier alpha value is -2.70. The molecule has 0 aliphatic heterocycles. The Morgan fingerprint density at radius 1 is 1.30 bits per heavy atom. The van der Waals surface area contributed by atoms with Crippen molar-refractivity contribution in [3.8, 4) is 5.75 Å². The molecule has 0 aliphatic rings. The van der Waals surface area contributed by atoms with Crippen LogP contribution in [0.15, 0.2) is 30.4 Å². The van der Waals surface area contributed by atoms with Crippen molar-refractivity contribution in [2.45, 2.75) is 0 Å². The fraction of sp³-hybridized carbons (Fsp3) is 0.231. The van der Waals surface area contributed by atoms with E-state index < -0.39 is 12.0 Å². The van der Waals surface area contributed by atoms with E-state index in [1.165, 1.54) is 7.11 Å². The summed E-state index contributed by atoms with van der Waals surface area (Å²) in [7, 11) is 1.50. The zero-order valence-corrected chi connectivity index (χ0v) is 11.1. The Morgan fingerprint density at radius 2 is 2.05 bits per heavy atom. The summed E-state index contributed by atoms with van der Waals surface area (Å²) in [5.74, 6) is 0.00133. The molecule has 108 valence electrons. The van der Waals surface area contributed by atoms with Crippen LogP contribution >= 0.6 is 0 Å². The van der Waals surface area contributed by atoms with Gasteiger partial charge in [-0.25, -0.2) is 4.79 Å². The Kier molecular flexibility index (Phi) is 5.89. The summed E-state index contributed by atoms with van der Waals surface area (Å²) < 4.78 is 9.69. The second kappa shape index (κ2) is 7.67. The van der Waals surface area contributed by atoms with Gasteiger partial charge in [0.25, 0.3) is 0 Å². The maximum atomic E-state index is 11.1. The van der Waals surface area contributed by atoms with Crippen LogP contribution in [0.4, 0.5) is 10.5 Å². The van der Waals surface area contributed by atoms with Crippen molar-refractivity contribution in [1.82, 2.24) is 0 Å². The standard InChI is InChI=1S/C13H17N3O4/c1-19-11-8-9(12(14)17)4-5-10(11)16-6-2-3-7-20-13(15)18/h2-5,8,16H,6-7H2,1H3,(H2,14,17)(H2,15,18). The number of hydrogen-bond acceptors (Lipinski definition) is 5. The van der Waals surface area contributed by atoms with Crippen LogP contribution in [0.25, 0.3) is 0 Å². The van der Waals surface area contributed by atoms with E-state index in [1.54, 1.807) is 30.4 Å².